The van der Waals surface area contributed by atoms with E-state index in [-0.39, 0.29) is 0 Å². The van der Waals surface area contributed by atoms with Crippen LogP contribution in [-0.2, 0) is 10.2 Å². The van der Waals surface area contributed by atoms with Crippen molar-refractivity contribution in [2.75, 3.05) is 11.8 Å². The third-order valence-electron chi connectivity index (χ3n) is 1.37. The number of nitrogens with one attached hydrogen (secondary N) is 2. The molecule has 2 N–H and O–H groups in total. The van der Waals surface area contributed by atoms with Crippen molar-refractivity contribution in [3.05, 3.63) is 27.8 Å². The largest absolute Gasteiger partial charge is 0.298 e. The zero-order valence-corrected chi connectivity index (χ0v) is 9.89. The summed E-state index contributed by atoms with van der Waals surface area (Å²) in [4.78, 5) is 0. The van der Waals surface area contributed by atoms with Gasteiger partial charge in [-0.2, -0.15) is 8.42 Å². The van der Waals surface area contributed by atoms with E-state index in [4.69, 9.17) is 0 Å². The maximum atomic E-state index is 11.0. The van der Waals surface area contributed by atoms with E-state index in [1.165, 1.54) is 7.05 Å². The van der Waals surface area contributed by atoms with E-state index in [0.29, 0.717) is 5.69 Å². The molecule has 72 valence electrons. The van der Waals surface area contributed by atoms with Crippen molar-refractivity contribution in [3.8, 4) is 0 Å². The van der Waals surface area contributed by atoms with Gasteiger partial charge in [-0.05, 0) is 46.9 Å². The smallest absolute Gasteiger partial charge is 0.271 e. The quantitative estimate of drug-likeness (QED) is 0.823. The molecule has 0 aromatic heterocycles. The van der Waals surface area contributed by atoms with Crippen molar-refractivity contribution in [3.63, 3.8) is 0 Å². The van der Waals surface area contributed by atoms with Crippen molar-refractivity contribution < 1.29 is 8.42 Å². The second-order valence-corrected chi connectivity index (χ2v) is 5.18. The van der Waals surface area contributed by atoms with Crippen molar-refractivity contribution >= 4 is 38.5 Å². The Morgan fingerprint density at radius 2 is 1.77 bits per heavy atom. The minimum Gasteiger partial charge on any atom is -0.271 e. The lowest BCUT2D eigenvalue weighted by molar-refractivity contribution is 0.593. The van der Waals surface area contributed by atoms with Gasteiger partial charge in [0.15, 0.2) is 0 Å². The van der Waals surface area contributed by atoms with Gasteiger partial charge in [-0.3, -0.25) is 4.72 Å². The maximum Gasteiger partial charge on any atom is 0.298 e. The highest BCUT2D eigenvalue weighted by atomic mass is 127. The fraction of sp³-hybridized carbons (Fsp3) is 0.143. The summed E-state index contributed by atoms with van der Waals surface area (Å²) in [5.41, 5.74) is 0.551. The highest BCUT2D eigenvalue weighted by molar-refractivity contribution is 14.1. The molecule has 0 aliphatic rings. The van der Waals surface area contributed by atoms with Gasteiger partial charge in [0.2, 0.25) is 0 Å². The molecule has 1 aromatic rings. The zero-order valence-electron chi connectivity index (χ0n) is 6.91. The first-order chi connectivity index (χ1) is 6.03. The first kappa shape index (κ1) is 10.7. The van der Waals surface area contributed by atoms with Crippen LogP contribution >= 0.6 is 22.6 Å². The van der Waals surface area contributed by atoms with Crippen LogP contribution in [0.3, 0.4) is 0 Å². The summed E-state index contributed by atoms with van der Waals surface area (Å²) in [6.07, 6.45) is 0. The van der Waals surface area contributed by atoms with Gasteiger partial charge in [0, 0.05) is 16.3 Å². The Balaban J connectivity index is 2.82. The predicted octanol–water partition coefficient (Wildman–Crippen LogP) is 1.17. The molecular weight excluding hydrogens is 303 g/mol. The van der Waals surface area contributed by atoms with Gasteiger partial charge < -0.3 is 0 Å². The first-order valence-electron chi connectivity index (χ1n) is 3.50. The monoisotopic (exact) mass is 312 g/mol. The van der Waals surface area contributed by atoms with E-state index >= 15 is 0 Å². The van der Waals surface area contributed by atoms with E-state index in [1.807, 2.05) is 12.1 Å². The van der Waals surface area contributed by atoms with Crippen molar-refractivity contribution in [2.45, 2.75) is 0 Å². The standard InChI is InChI=1S/C7H9IN2O2S/c1-9-13(11,12)10-7-4-2-6(8)3-5-7/h2-5,9-10H,1H3. The number of rotatable bonds is 3. The van der Waals surface area contributed by atoms with Crippen LogP contribution < -0.4 is 9.44 Å². The molecule has 4 nitrogen and oxygen atoms in total. The molecule has 0 saturated heterocycles. The molecule has 0 saturated carbocycles. The minimum absolute atomic E-state index is 0.551. The predicted molar refractivity (Wildman–Crippen MR) is 60.8 cm³/mol. The van der Waals surface area contributed by atoms with E-state index in [0.717, 1.165) is 3.57 Å². The first-order valence-corrected chi connectivity index (χ1v) is 6.06. The summed E-state index contributed by atoms with van der Waals surface area (Å²) in [6.45, 7) is 0. The minimum atomic E-state index is -3.39. The molecule has 0 fully saturated rings. The van der Waals surface area contributed by atoms with Gasteiger partial charge in [-0.1, -0.05) is 0 Å². The molecule has 1 aromatic carbocycles. The molecule has 0 unspecified atom stereocenters. The molecule has 0 atom stereocenters. The lowest BCUT2D eigenvalue weighted by atomic mass is 10.3. The number of halogens is 1. The average Bonchev–Trinajstić information content (AvgIpc) is 2.09. The third kappa shape index (κ3) is 3.49. The molecule has 6 heteroatoms. The Morgan fingerprint density at radius 3 is 2.23 bits per heavy atom. The maximum absolute atomic E-state index is 11.0. The van der Waals surface area contributed by atoms with Crippen LogP contribution in [0.15, 0.2) is 24.3 Å². The van der Waals surface area contributed by atoms with Crippen LogP contribution in [0.4, 0.5) is 5.69 Å². The summed E-state index contributed by atoms with van der Waals surface area (Å²) < 4.78 is 27.6. The van der Waals surface area contributed by atoms with Crippen molar-refractivity contribution in [2.24, 2.45) is 0 Å². The van der Waals surface area contributed by atoms with E-state index in [9.17, 15) is 8.42 Å². The average molecular weight is 312 g/mol. The summed E-state index contributed by atoms with van der Waals surface area (Å²) in [6, 6.07) is 7.06. The Morgan fingerprint density at radius 1 is 1.23 bits per heavy atom. The van der Waals surface area contributed by atoms with Gasteiger partial charge in [-0.15, -0.1) is 0 Å². The Labute approximate surface area is 91.1 Å². The van der Waals surface area contributed by atoms with Gasteiger partial charge in [0.1, 0.15) is 0 Å². The van der Waals surface area contributed by atoms with Crippen LogP contribution in [-0.4, -0.2) is 15.5 Å². The van der Waals surface area contributed by atoms with Crippen LogP contribution in [0.1, 0.15) is 0 Å². The molecule has 0 spiro atoms. The van der Waals surface area contributed by atoms with E-state index < -0.39 is 10.2 Å². The second kappa shape index (κ2) is 4.25. The van der Waals surface area contributed by atoms with Crippen LogP contribution in [0.5, 0.6) is 0 Å². The molecule has 0 bridgehead atoms. The van der Waals surface area contributed by atoms with Crippen LogP contribution in [0.25, 0.3) is 0 Å². The summed E-state index contributed by atoms with van der Waals surface area (Å²) >= 11 is 2.15. The van der Waals surface area contributed by atoms with Gasteiger partial charge in [0.25, 0.3) is 10.2 Å². The SMILES string of the molecule is CNS(=O)(=O)Nc1ccc(I)cc1. The number of hydrogen-bond acceptors (Lipinski definition) is 2. The van der Waals surface area contributed by atoms with Gasteiger partial charge in [0.05, 0.1) is 0 Å². The van der Waals surface area contributed by atoms with E-state index in [1.54, 1.807) is 12.1 Å². The zero-order chi connectivity index (χ0) is 9.90. The third-order valence-corrected chi connectivity index (χ3v) is 3.13. The van der Waals surface area contributed by atoms with Gasteiger partial charge in [-0.25, -0.2) is 4.72 Å². The molecule has 13 heavy (non-hydrogen) atoms. The van der Waals surface area contributed by atoms with Gasteiger partial charge >= 0.3 is 0 Å². The van der Waals surface area contributed by atoms with Crippen molar-refractivity contribution in [1.82, 2.24) is 4.72 Å². The molecule has 0 aliphatic heterocycles. The lowest BCUT2D eigenvalue weighted by Gasteiger charge is -2.05. The summed E-state index contributed by atoms with van der Waals surface area (Å²) in [5.74, 6) is 0. The molecule has 0 heterocycles. The molecule has 0 amide bonds. The Kier molecular flexibility index (Phi) is 3.51. The molecule has 0 radical (unpaired) electrons. The normalized spacial score (nSPS) is 11.2. The fourth-order valence-corrected chi connectivity index (χ4v) is 1.63. The topological polar surface area (TPSA) is 58.2 Å². The number of benzene rings is 1. The fourth-order valence-electron chi connectivity index (χ4n) is 0.724. The molecule has 0 aliphatic carbocycles. The highest BCUT2D eigenvalue weighted by Crippen LogP contribution is 2.11. The molecule has 1 rings (SSSR count). The van der Waals surface area contributed by atoms with Crippen LogP contribution in [0, 0.1) is 3.57 Å². The highest BCUT2D eigenvalue weighted by Gasteiger charge is 2.04. The number of hydrogen-bond donors (Lipinski definition) is 2. The number of anilines is 1. The summed E-state index contributed by atoms with van der Waals surface area (Å²) in [7, 11) is -2.03. The van der Waals surface area contributed by atoms with Crippen LogP contribution in [0.2, 0.25) is 0 Å². The second-order valence-electron chi connectivity index (χ2n) is 2.32. The Hall–Kier alpha value is -0.340. The summed E-state index contributed by atoms with van der Waals surface area (Å²) in [5, 5.41) is 0. The van der Waals surface area contributed by atoms with E-state index in [2.05, 4.69) is 32.0 Å². The molecular formula is C7H9IN2O2S. The lowest BCUT2D eigenvalue weighted by Crippen LogP contribution is -2.26. The Bertz CT molecular complexity index is 374. The van der Waals surface area contributed by atoms with Crippen molar-refractivity contribution in [1.29, 1.82) is 0 Å².